The summed E-state index contributed by atoms with van der Waals surface area (Å²) in [5, 5.41) is 0. The molecule has 1 atom stereocenters. The molecule has 1 aromatic rings. The molecule has 2 rings (SSSR count). The highest BCUT2D eigenvalue weighted by Gasteiger charge is 2.20. The van der Waals surface area contributed by atoms with Crippen LogP contribution in [-0.2, 0) is 0 Å². The first kappa shape index (κ1) is 13.6. The van der Waals surface area contributed by atoms with E-state index in [9.17, 15) is 4.39 Å². The fraction of sp³-hybridized carbons (Fsp3) is 0.538. The summed E-state index contributed by atoms with van der Waals surface area (Å²) in [5.74, 6) is 0.0773. The van der Waals surface area contributed by atoms with Crippen LogP contribution in [0, 0.1) is 5.82 Å². The average molecular weight is 317 g/mol. The van der Waals surface area contributed by atoms with Crippen LogP contribution in [0.25, 0.3) is 0 Å². The van der Waals surface area contributed by atoms with Gasteiger partial charge in [0.05, 0.1) is 16.8 Å². The van der Waals surface area contributed by atoms with E-state index in [0.29, 0.717) is 28.6 Å². The van der Waals surface area contributed by atoms with Gasteiger partial charge in [0.2, 0.25) is 0 Å². The van der Waals surface area contributed by atoms with Crippen LogP contribution in [0.3, 0.4) is 0 Å². The lowest BCUT2D eigenvalue weighted by molar-refractivity contribution is 0.233. The van der Waals surface area contributed by atoms with E-state index in [4.69, 9.17) is 10.5 Å². The van der Waals surface area contributed by atoms with E-state index in [0.717, 1.165) is 13.0 Å². The molecule has 1 saturated heterocycles. The fourth-order valence-electron chi connectivity index (χ4n) is 2.32. The molecule has 1 fully saturated rings. The van der Waals surface area contributed by atoms with Crippen molar-refractivity contribution in [3.63, 3.8) is 0 Å². The van der Waals surface area contributed by atoms with Gasteiger partial charge in [-0.3, -0.25) is 0 Å². The second kappa shape index (κ2) is 5.89. The number of nitrogens with zero attached hydrogens (tertiary/aromatic N) is 1. The Hall–Kier alpha value is -0.810. The van der Waals surface area contributed by atoms with E-state index in [1.54, 1.807) is 0 Å². The largest absolute Gasteiger partial charge is 0.491 e. The Morgan fingerprint density at radius 3 is 3.00 bits per heavy atom. The van der Waals surface area contributed by atoms with Crippen LogP contribution in [0.5, 0.6) is 5.75 Å². The number of rotatable bonds is 4. The van der Waals surface area contributed by atoms with Gasteiger partial charge in [0.25, 0.3) is 0 Å². The minimum atomic E-state index is -0.350. The number of anilines is 1. The van der Waals surface area contributed by atoms with Crippen molar-refractivity contribution in [2.24, 2.45) is 0 Å². The second-order valence-electron chi connectivity index (χ2n) is 4.72. The normalized spacial score (nSPS) is 20.3. The van der Waals surface area contributed by atoms with Crippen molar-refractivity contribution in [3.05, 3.63) is 22.4 Å². The van der Waals surface area contributed by atoms with Crippen LogP contribution in [0.2, 0.25) is 0 Å². The van der Waals surface area contributed by atoms with Crippen molar-refractivity contribution < 1.29 is 9.13 Å². The van der Waals surface area contributed by atoms with Crippen molar-refractivity contribution in [2.45, 2.75) is 25.3 Å². The number of ether oxygens (including phenoxy) is 1. The summed E-state index contributed by atoms with van der Waals surface area (Å²) in [6.45, 7) is 1.72. The Bertz CT molecular complexity index is 428. The van der Waals surface area contributed by atoms with Gasteiger partial charge in [-0.05, 0) is 54.9 Å². The Morgan fingerprint density at radius 2 is 2.33 bits per heavy atom. The molecular formula is C13H18BrFN2O. The van der Waals surface area contributed by atoms with E-state index in [1.807, 2.05) is 0 Å². The van der Waals surface area contributed by atoms with Gasteiger partial charge < -0.3 is 15.4 Å². The van der Waals surface area contributed by atoms with Crippen LogP contribution in [0.4, 0.5) is 10.1 Å². The fourth-order valence-corrected chi connectivity index (χ4v) is 2.68. The molecule has 0 aromatic heterocycles. The smallest absolute Gasteiger partial charge is 0.145 e. The zero-order valence-corrected chi connectivity index (χ0v) is 12.0. The van der Waals surface area contributed by atoms with Crippen LogP contribution < -0.4 is 10.5 Å². The molecule has 0 aliphatic carbocycles. The van der Waals surface area contributed by atoms with Crippen LogP contribution in [0.1, 0.15) is 19.3 Å². The minimum Gasteiger partial charge on any atom is -0.491 e. The highest BCUT2D eigenvalue weighted by atomic mass is 79.9. The highest BCUT2D eigenvalue weighted by molar-refractivity contribution is 9.10. The summed E-state index contributed by atoms with van der Waals surface area (Å²) in [5.41, 5.74) is 6.24. The van der Waals surface area contributed by atoms with Crippen LogP contribution >= 0.6 is 15.9 Å². The van der Waals surface area contributed by atoms with E-state index in [-0.39, 0.29) is 5.82 Å². The number of hydrogen-bond donors (Lipinski definition) is 1. The molecule has 0 amide bonds. The Kier molecular flexibility index (Phi) is 4.45. The summed E-state index contributed by atoms with van der Waals surface area (Å²) in [6.07, 6.45) is 3.41. The van der Waals surface area contributed by atoms with Crippen LogP contribution in [0.15, 0.2) is 16.6 Å². The monoisotopic (exact) mass is 316 g/mol. The maximum Gasteiger partial charge on any atom is 0.145 e. The molecule has 1 aliphatic heterocycles. The van der Waals surface area contributed by atoms with E-state index in [2.05, 4.69) is 27.9 Å². The zero-order chi connectivity index (χ0) is 13.1. The maximum absolute atomic E-state index is 13.4. The maximum atomic E-state index is 13.4. The summed E-state index contributed by atoms with van der Waals surface area (Å²) in [4.78, 5) is 2.34. The van der Waals surface area contributed by atoms with E-state index >= 15 is 0 Å². The van der Waals surface area contributed by atoms with Gasteiger partial charge in [-0.25, -0.2) is 4.39 Å². The first-order chi connectivity index (χ1) is 8.58. The number of nitrogens with two attached hydrogens (primary N) is 1. The predicted molar refractivity (Wildman–Crippen MR) is 74.3 cm³/mol. The molecule has 0 radical (unpaired) electrons. The van der Waals surface area contributed by atoms with Crippen LogP contribution in [-0.4, -0.2) is 31.1 Å². The van der Waals surface area contributed by atoms with Gasteiger partial charge in [0, 0.05) is 12.1 Å². The lowest BCUT2D eigenvalue weighted by atomic mass is 10.1. The first-order valence-corrected chi connectivity index (χ1v) is 6.95. The third kappa shape index (κ3) is 3.14. The summed E-state index contributed by atoms with van der Waals surface area (Å²) < 4.78 is 19.3. The molecule has 1 unspecified atom stereocenters. The van der Waals surface area contributed by atoms with Crippen molar-refractivity contribution in [2.75, 3.05) is 25.9 Å². The van der Waals surface area contributed by atoms with Gasteiger partial charge in [0.15, 0.2) is 0 Å². The first-order valence-electron chi connectivity index (χ1n) is 6.15. The summed E-state index contributed by atoms with van der Waals surface area (Å²) in [7, 11) is 2.13. The number of likely N-dealkylation sites (tertiary alicyclic amines) is 1. The van der Waals surface area contributed by atoms with E-state index < -0.39 is 0 Å². The van der Waals surface area contributed by atoms with Gasteiger partial charge in [-0.1, -0.05) is 0 Å². The second-order valence-corrected chi connectivity index (χ2v) is 5.57. The van der Waals surface area contributed by atoms with Gasteiger partial charge in [-0.15, -0.1) is 0 Å². The van der Waals surface area contributed by atoms with Gasteiger partial charge in [-0.2, -0.15) is 0 Å². The third-order valence-corrected chi connectivity index (χ3v) is 4.04. The minimum absolute atomic E-state index is 0.350. The van der Waals surface area contributed by atoms with Crippen molar-refractivity contribution >= 4 is 21.6 Å². The average Bonchev–Trinajstić information content (AvgIpc) is 2.72. The molecule has 0 saturated carbocycles. The SMILES string of the molecule is CN1CCCC1CCOc1cc(F)c(Br)cc1N. The summed E-state index contributed by atoms with van der Waals surface area (Å²) >= 11 is 3.09. The van der Waals surface area contributed by atoms with Crippen molar-refractivity contribution in [1.82, 2.24) is 4.90 Å². The van der Waals surface area contributed by atoms with E-state index in [1.165, 1.54) is 25.0 Å². The molecule has 1 aliphatic rings. The summed E-state index contributed by atoms with van der Waals surface area (Å²) in [6, 6.07) is 3.44. The molecule has 18 heavy (non-hydrogen) atoms. The lowest BCUT2D eigenvalue weighted by Gasteiger charge is -2.19. The quantitative estimate of drug-likeness (QED) is 0.868. The molecule has 3 nitrogen and oxygen atoms in total. The predicted octanol–water partition coefficient (Wildman–Crippen LogP) is 3.03. The Balaban J connectivity index is 1.88. The molecular weight excluding hydrogens is 299 g/mol. The number of hydrogen-bond acceptors (Lipinski definition) is 3. The molecule has 1 aromatic carbocycles. The third-order valence-electron chi connectivity index (χ3n) is 3.43. The molecule has 2 N–H and O–H groups in total. The lowest BCUT2D eigenvalue weighted by Crippen LogP contribution is -2.26. The Labute approximate surface area is 115 Å². The van der Waals surface area contributed by atoms with Crippen molar-refractivity contribution in [1.29, 1.82) is 0 Å². The topological polar surface area (TPSA) is 38.5 Å². The molecule has 100 valence electrons. The molecule has 5 heteroatoms. The number of benzene rings is 1. The van der Waals surface area contributed by atoms with Gasteiger partial charge >= 0.3 is 0 Å². The standard InChI is InChI=1S/C13H18BrFN2O/c1-17-5-2-3-9(17)4-6-18-13-8-11(15)10(14)7-12(13)16/h7-9H,2-6,16H2,1H3. The number of halogens is 2. The zero-order valence-electron chi connectivity index (χ0n) is 10.5. The van der Waals surface area contributed by atoms with Crippen molar-refractivity contribution in [3.8, 4) is 5.75 Å². The number of nitrogen functional groups attached to an aromatic ring is 1. The highest BCUT2D eigenvalue weighted by Crippen LogP contribution is 2.28. The molecule has 1 heterocycles. The van der Waals surface area contributed by atoms with Gasteiger partial charge in [0.1, 0.15) is 11.6 Å². The molecule has 0 spiro atoms. The Morgan fingerprint density at radius 1 is 1.56 bits per heavy atom. The molecule has 0 bridgehead atoms.